The molecule has 0 amide bonds. The molecule has 1 aromatic carbocycles. The van der Waals surface area contributed by atoms with Crippen LogP contribution in [0, 0.1) is 0 Å². The van der Waals surface area contributed by atoms with Crippen LogP contribution in [0.2, 0.25) is 0 Å². The number of rotatable bonds is 4. The van der Waals surface area contributed by atoms with Crippen LogP contribution in [0.5, 0.6) is 0 Å². The number of benzene rings is 1. The SMILES string of the molecule is CCc1n[nH]c(CS(=O)(=O)C2CCCc3ccccc32)n1. The molecule has 0 radical (unpaired) electrons. The van der Waals surface area contributed by atoms with Crippen LogP contribution < -0.4 is 0 Å². The summed E-state index contributed by atoms with van der Waals surface area (Å²) >= 11 is 0. The normalized spacial score (nSPS) is 18.4. The minimum atomic E-state index is -3.28. The largest absolute Gasteiger partial charge is 0.262 e. The summed E-state index contributed by atoms with van der Waals surface area (Å²) in [5.41, 5.74) is 2.11. The molecule has 1 heterocycles. The van der Waals surface area contributed by atoms with Crippen molar-refractivity contribution in [1.29, 1.82) is 0 Å². The Kier molecular flexibility index (Phi) is 3.80. The van der Waals surface area contributed by atoms with Gasteiger partial charge >= 0.3 is 0 Å². The zero-order valence-corrected chi connectivity index (χ0v) is 12.9. The lowest BCUT2D eigenvalue weighted by molar-refractivity contribution is 0.558. The molecule has 0 fully saturated rings. The molecule has 1 atom stereocenters. The molecule has 21 heavy (non-hydrogen) atoms. The maximum absolute atomic E-state index is 12.7. The van der Waals surface area contributed by atoms with Crippen molar-refractivity contribution < 1.29 is 8.42 Å². The second kappa shape index (κ2) is 5.60. The summed E-state index contributed by atoms with van der Waals surface area (Å²) in [4.78, 5) is 4.22. The van der Waals surface area contributed by atoms with Gasteiger partial charge < -0.3 is 0 Å². The summed E-state index contributed by atoms with van der Waals surface area (Å²) in [7, 11) is -3.28. The number of hydrogen-bond donors (Lipinski definition) is 1. The molecule has 0 spiro atoms. The molecule has 5 nitrogen and oxygen atoms in total. The Morgan fingerprint density at radius 3 is 2.90 bits per heavy atom. The summed E-state index contributed by atoms with van der Waals surface area (Å²) < 4.78 is 25.5. The molecule has 3 rings (SSSR count). The van der Waals surface area contributed by atoms with Gasteiger partial charge in [-0.05, 0) is 30.4 Å². The predicted molar refractivity (Wildman–Crippen MR) is 80.5 cm³/mol. The van der Waals surface area contributed by atoms with Gasteiger partial charge in [0.2, 0.25) is 0 Å². The average Bonchev–Trinajstić information content (AvgIpc) is 2.93. The van der Waals surface area contributed by atoms with Crippen LogP contribution >= 0.6 is 0 Å². The number of aryl methyl sites for hydroxylation is 2. The lowest BCUT2D eigenvalue weighted by Gasteiger charge is -2.25. The van der Waals surface area contributed by atoms with Gasteiger partial charge in [0.15, 0.2) is 9.84 Å². The second-order valence-corrected chi connectivity index (χ2v) is 7.62. The van der Waals surface area contributed by atoms with Crippen molar-refractivity contribution in [2.75, 3.05) is 0 Å². The molecule has 0 saturated heterocycles. The third kappa shape index (κ3) is 2.85. The van der Waals surface area contributed by atoms with Crippen LogP contribution in [-0.4, -0.2) is 23.6 Å². The van der Waals surface area contributed by atoms with E-state index >= 15 is 0 Å². The van der Waals surface area contributed by atoms with E-state index in [0.29, 0.717) is 24.5 Å². The minimum absolute atomic E-state index is 0.0704. The molecule has 0 saturated carbocycles. The van der Waals surface area contributed by atoms with Crippen molar-refractivity contribution in [3.05, 3.63) is 47.0 Å². The molecule has 1 unspecified atom stereocenters. The van der Waals surface area contributed by atoms with E-state index in [1.54, 1.807) is 0 Å². The van der Waals surface area contributed by atoms with Crippen LogP contribution in [0.3, 0.4) is 0 Å². The van der Waals surface area contributed by atoms with Gasteiger partial charge in [-0.25, -0.2) is 13.4 Å². The Balaban J connectivity index is 1.89. The molecule has 0 bridgehead atoms. The Morgan fingerprint density at radius 2 is 2.14 bits per heavy atom. The first kappa shape index (κ1) is 14.3. The summed E-state index contributed by atoms with van der Waals surface area (Å²) in [6.07, 6.45) is 3.26. The summed E-state index contributed by atoms with van der Waals surface area (Å²) in [5, 5.41) is 6.32. The van der Waals surface area contributed by atoms with Gasteiger partial charge in [-0.2, -0.15) is 5.10 Å². The van der Waals surface area contributed by atoms with Gasteiger partial charge in [0, 0.05) is 6.42 Å². The van der Waals surface area contributed by atoms with E-state index in [2.05, 4.69) is 15.2 Å². The van der Waals surface area contributed by atoms with E-state index in [4.69, 9.17) is 0 Å². The summed E-state index contributed by atoms with van der Waals surface area (Å²) in [5.74, 6) is 1.03. The highest BCUT2D eigenvalue weighted by molar-refractivity contribution is 7.90. The highest BCUT2D eigenvalue weighted by atomic mass is 32.2. The highest BCUT2D eigenvalue weighted by Gasteiger charge is 2.32. The zero-order chi connectivity index (χ0) is 14.9. The molecule has 0 aliphatic heterocycles. The van der Waals surface area contributed by atoms with Crippen LogP contribution in [0.1, 0.15) is 47.8 Å². The summed E-state index contributed by atoms with van der Waals surface area (Å²) in [6.45, 7) is 1.94. The quantitative estimate of drug-likeness (QED) is 0.941. The molecule has 112 valence electrons. The molecule has 6 heteroatoms. The lowest BCUT2D eigenvalue weighted by Crippen LogP contribution is -2.21. The Hall–Kier alpha value is -1.69. The third-order valence-corrected chi connectivity index (χ3v) is 6.01. The van der Waals surface area contributed by atoms with Crippen molar-refractivity contribution in [3.63, 3.8) is 0 Å². The third-order valence-electron chi connectivity index (χ3n) is 3.98. The van der Waals surface area contributed by atoms with Gasteiger partial charge in [0.05, 0.1) is 5.25 Å². The van der Waals surface area contributed by atoms with E-state index in [1.165, 1.54) is 0 Å². The molecular weight excluding hydrogens is 286 g/mol. The van der Waals surface area contributed by atoms with Crippen LogP contribution in [0.15, 0.2) is 24.3 Å². The van der Waals surface area contributed by atoms with E-state index in [9.17, 15) is 8.42 Å². The van der Waals surface area contributed by atoms with E-state index in [0.717, 1.165) is 24.0 Å². The molecule has 2 aromatic rings. The standard InChI is InChI=1S/C15H19N3O2S/c1-2-14-16-15(18-17-14)10-21(19,20)13-9-5-7-11-6-3-4-8-12(11)13/h3-4,6,8,13H,2,5,7,9-10H2,1H3,(H,16,17,18). The average molecular weight is 305 g/mol. The fourth-order valence-corrected chi connectivity index (χ4v) is 4.79. The van der Waals surface area contributed by atoms with Crippen LogP contribution in [0.4, 0.5) is 0 Å². The molecule has 1 N–H and O–H groups in total. The maximum Gasteiger partial charge on any atom is 0.164 e. The van der Waals surface area contributed by atoms with Gasteiger partial charge in [0.25, 0.3) is 0 Å². The topological polar surface area (TPSA) is 75.7 Å². The number of sulfone groups is 1. The van der Waals surface area contributed by atoms with Crippen LogP contribution in [-0.2, 0) is 28.4 Å². The zero-order valence-electron chi connectivity index (χ0n) is 12.0. The second-order valence-electron chi connectivity index (χ2n) is 5.44. The molecule has 1 aromatic heterocycles. The van der Waals surface area contributed by atoms with E-state index in [-0.39, 0.29) is 5.75 Å². The first-order valence-electron chi connectivity index (χ1n) is 7.29. The number of aromatic nitrogens is 3. The van der Waals surface area contributed by atoms with Gasteiger partial charge in [-0.3, -0.25) is 5.10 Å². The summed E-state index contributed by atoms with van der Waals surface area (Å²) in [6, 6.07) is 7.85. The number of hydrogen-bond acceptors (Lipinski definition) is 4. The molecule has 1 aliphatic carbocycles. The number of aromatic amines is 1. The van der Waals surface area contributed by atoms with Gasteiger partial charge in [-0.15, -0.1) is 0 Å². The lowest BCUT2D eigenvalue weighted by atomic mass is 9.91. The number of nitrogens with one attached hydrogen (secondary N) is 1. The minimum Gasteiger partial charge on any atom is -0.262 e. The molecular formula is C15H19N3O2S. The van der Waals surface area contributed by atoms with Crippen molar-refractivity contribution >= 4 is 9.84 Å². The number of nitrogens with zero attached hydrogens (tertiary/aromatic N) is 2. The van der Waals surface area contributed by atoms with Gasteiger partial charge in [-0.1, -0.05) is 31.2 Å². The Morgan fingerprint density at radius 1 is 1.33 bits per heavy atom. The monoisotopic (exact) mass is 305 g/mol. The number of fused-ring (bicyclic) bond motifs is 1. The Bertz CT molecular complexity index is 737. The van der Waals surface area contributed by atoms with Crippen molar-refractivity contribution in [3.8, 4) is 0 Å². The Labute approximate surface area is 124 Å². The smallest absolute Gasteiger partial charge is 0.164 e. The first-order valence-corrected chi connectivity index (χ1v) is 9.01. The van der Waals surface area contributed by atoms with E-state index in [1.807, 2.05) is 31.2 Å². The fourth-order valence-electron chi connectivity index (χ4n) is 2.93. The maximum atomic E-state index is 12.7. The highest BCUT2D eigenvalue weighted by Crippen LogP contribution is 2.36. The van der Waals surface area contributed by atoms with Crippen LogP contribution in [0.25, 0.3) is 0 Å². The van der Waals surface area contributed by atoms with Crippen molar-refractivity contribution in [2.24, 2.45) is 0 Å². The van der Waals surface area contributed by atoms with Crippen molar-refractivity contribution in [1.82, 2.24) is 15.2 Å². The predicted octanol–water partition coefficient (Wildman–Crippen LogP) is 2.36. The van der Waals surface area contributed by atoms with Crippen molar-refractivity contribution in [2.45, 2.75) is 43.6 Å². The van der Waals surface area contributed by atoms with Gasteiger partial charge in [0.1, 0.15) is 17.4 Å². The van der Waals surface area contributed by atoms with E-state index < -0.39 is 15.1 Å². The fraction of sp³-hybridized carbons (Fsp3) is 0.467. The first-order chi connectivity index (χ1) is 10.1. The molecule has 1 aliphatic rings. The number of H-pyrrole nitrogens is 1.